The first kappa shape index (κ1) is 16.3. The predicted molar refractivity (Wildman–Crippen MR) is 83.0 cm³/mol. The smallest absolute Gasteiger partial charge is 0.321 e. The Balaban J connectivity index is 1.79. The van der Waals surface area contributed by atoms with Crippen LogP contribution in [-0.4, -0.2) is 42.0 Å². The number of nitrogens with zero attached hydrogens (tertiary/aromatic N) is 1. The molecule has 1 saturated carbocycles. The summed E-state index contributed by atoms with van der Waals surface area (Å²) in [6.07, 6.45) is 8.45. The first-order valence-corrected chi connectivity index (χ1v) is 8.44. The summed E-state index contributed by atoms with van der Waals surface area (Å²) in [5, 5.41) is 5.22. The van der Waals surface area contributed by atoms with Crippen LogP contribution in [0.15, 0.2) is 0 Å². The third-order valence-electron chi connectivity index (χ3n) is 4.95. The summed E-state index contributed by atoms with van der Waals surface area (Å²) < 4.78 is 0. The number of nitrogens with one attached hydrogen (secondary N) is 2. The normalized spacial score (nSPS) is 27.5. The quantitative estimate of drug-likeness (QED) is 0.836. The zero-order valence-electron chi connectivity index (χ0n) is 13.4. The van der Waals surface area contributed by atoms with Gasteiger partial charge in [0.15, 0.2) is 0 Å². The summed E-state index contributed by atoms with van der Waals surface area (Å²) in [6, 6.07) is 0.276. The van der Waals surface area contributed by atoms with Crippen LogP contribution < -0.4 is 10.6 Å². The monoisotopic (exact) mass is 295 g/mol. The van der Waals surface area contributed by atoms with Crippen molar-refractivity contribution in [2.24, 2.45) is 5.92 Å². The molecular weight excluding hydrogens is 266 g/mol. The zero-order valence-corrected chi connectivity index (χ0v) is 13.4. The largest absolute Gasteiger partial charge is 0.335 e. The van der Waals surface area contributed by atoms with Gasteiger partial charge in [0.25, 0.3) is 0 Å². The average molecular weight is 295 g/mol. The second kappa shape index (κ2) is 7.78. The van der Waals surface area contributed by atoms with Crippen LogP contribution in [0.25, 0.3) is 0 Å². The van der Waals surface area contributed by atoms with Crippen molar-refractivity contribution in [1.82, 2.24) is 15.5 Å². The number of urea groups is 1. The SMILES string of the molecule is CC[C@@H](C)NC(=O)NC(=O)CN1CCC[C@H]2CCCC[C@@H]21. The summed E-state index contributed by atoms with van der Waals surface area (Å²) >= 11 is 0. The molecule has 0 aromatic carbocycles. The highest BCUT2D eigenvalue weighted by Gasteiger charge is 2.33. The van der Waals surface area contributed by atoms with E-state index < -0.39 is 0 Å². The van der Waals surface area contributed by atoms with E-state index in [0.717, 1.165) is 18.9 Å². The first-order valence-electron chi connectivity index (χ1n) is 8.44. The molecule has 21 heavy (non-hydrogen) atoms. The molecular formula is C16H29N3O2. The number of rotatable bonds is 4. The Bertz CT molecular complexity index is 371. The van der Waals surface area contributed by atoms with Gasteiger partial charge >= 0.3 is 6.03 Å². The number of carbonyl (C=O) groups excluding carboxylic acids is 2. The molecule has 0 unspecified atom stereocenters. The maximum absolute atomic E-state index is 12.1. The number of fused-ring (bicyclic) bond motifs is 1. The Kier molecular flexibility index (Phi) is 6.03. The molecule has 5 nitrogen and oxygen atoms in total. The number of hydrogen-bond donors (Lipinski definition) is 2. The molecule has 0 radical (unpaired) electrons. The van der Waals surface area contributed by atoms with Gasteiger partial charge in [0.05, 0.1) is 6.54 Å². The van der Waals surface area contributed by atoms with E-state index in [4.69, 9.17) is 0 Å². The Morgan fingerprint density at radius 2 is 1.90 bits per heavy atom. The Morgan fingerprint density at radius 3 is 2.67 bits per heavy atom. The van der Waals surface area contributed by atoms with Crippen molar-refractivity contribution in [3.8, 4) is 0 Å². The van der Waals surface area contributed by atoms with Gasteiger partial charge in [0.2, 0.25) is 5.91 Å². The highest BCUT2D eigenvalue weighted by molar-refractivity contribution is 5.95. The maximum atomic E-state index is 12.1. The van der Waals surface area contributed by atoms with Crippen molar-refractivity contribution in [1.29, 1.82) is 0 Å². The van der Waals surface area contributed by atoms with Gasteiger partial charge < -0.3 is 5.32 Å². The van der Waals surface area contributed by atoms with Crippen LogP contribution in [0.5, 0.6) is 0 Å². The van der Waals surface area contributed by atoms with Gasteiger partial charge in [-0.15, -0.1) is 0 Å². The molecule has 3 atom stereocenters. The second-order valence-electron chi connectivity index (χ2n) is 6.56. The summed E-state index contributed by atoms with van der Waals surface area (Å²) in [6.45, 7) is 5.28. The first-order chi connectivity index (χ1) is 10.1. The van der Waals surface area contributed by atoms with Crippen LogP contribution in [0.4, 0.5) is 4.79 Å². The van der Waals surface area contributed by atoms with Crippen LogP contribution >= 0.6 is 0 Å². The lowest BCUT2D eigenvalue weighted by molar-refractivity contribution is -0.122. The van der Waals surface area contributed by atoms with Crippen molar-refractivity contribution in [2.75, 3.05) is 13.1 Å². The molecule has 2 N–H and O–H groups in total. The van der Waals surface area contributed by atoms with Gasteiger partial charge in [-0.1, -0.05) is 19.8 Å². The summed E-state index contributed by atoms with van der Waals surface area (Å²) in [5.74, 6) is 0.580. The molecule has 1 saturated heterocycles. The van der Waals surface area contributed by atoms with Gasteiger partial charge in [0.1, 0.15) is 0 Å². The minimum absolute atomic E-state index is 0.0931. The number of imide groups is 1. The second-order valence-corrected chi connectivity index (χ2v) is 6.56. The van der Waals surface area contributed by atoms with Gasteiger partial charge in [0, 0.05) is 12.1 Å². The van der Waals surface area contributed by atoms with Crippen molar-refractivity contribution in [3.63, 3.8) is 0 Å². The topological polar surface area (TPSA) is 61.4 Å². The number of piperidine rings is 1. The van der Waals surface area contributed by atoms with Gasteiger partial charge in [-0.25, -0.2) is 4.79 Å². The minimum atomic E-state index is -0.369. The summed E-state index contributed by atoms with van der Waals surface area (Å²) in [7, 11) is 0. The van der Waals surface area contributed by atoms with E-state index in [0.29, 0.717) is 12.6 Å². The minimum Gasteiger partial charge on any atom is -0.335 e. The van der Waals surface area contributed by atoms with Crippen molar-refractivity contribution >= 4 is 11.9 Å². The van der Waals surface area contributed by atoms with E-state index in [1.165, 1.54) is 38.5 Å². The van der Waals surface area contributed by atoms with Crippen LogP contribution in [-0.2, 0) is 4.79 Å². The zero-order chi connectivity index (χ0) is 15.2. The third kappa shape index (κ3) is 4.70. The fourth-order valence-corrected chi connectivity index (χ4v) is 3.64. The molecule has 0 aromatic rings. The van der Waals surface area contributed by atoms with Gasteiger partial charge in [-0.3, -0.25) is 15.0 Å². The fraction of sp³-hybridized carbons (Fsp3) is 0.875. The highest BCUT2D eigenvalue weighted by atomic mass is 16.2. The molecule has 2 aliphatic rings. The average Bonchev–Trinajstić information content (AvgIpc) is 2.47. The molecule has 1 aliphatic heterocycles. The van der Waals surface area contributed by atoms with E-state index >= 15 is 0 Å². The number of likely N-dealkylation sites (tertiary alicyclic amines) is 1. The fourth-order valence-electron chi connectivity index (χ4n) is 3.64. The van der Waals surface area contributed by atoms with E-state index in [1.807, 2.05) is 13.8 Å². The lowest BCUT2D eigenvalue weighted by Crippen LogP contribution is -2.52. The summed E-state index contributed by atoms with van der Waals surface area (Å²) in [5.41, 5.74) is 0. The highest BCUT2D eigenvalue weighted by Crippen LogP contribution is 2.34. The molecule has 2 rings (SSSR count). The number of amides is 3. The van der Waals surface area contributed by atoms with Crippen molar-refractivity contribution in [2.45, 2.75) is 70.9 Å². The van der Waals surface area contributed by atoms with Crippen molar-refractivity contribution < 1.29 is 9.59 Å². The van der Waals surface area contributed by atoms with Gasteiger partial charge in [-0.2, -0.15) is 0 Å². The molecule has 2 fully saturated rings. The lowest BCUT2D eigenvalue weighted by Gasteiger charge is -2.43. The van der Waals surface area contributed by atoms with E-state index in [-0.39, 0.29) is 18.0 Å². The Hall–Kier alpha value is -1.10. The Labute approximate surface area is 127 Å². The number of hydrogen-bond acceptors (Lipinski definition) is 3. The standard InChI is InChI=1S/C16H29N3O2/c1-3-12(2)17-16(21)18-15(20)11-19-10-6-8-13-7-4-5-9-14(13)19/h12-14H,3-11H2,1-2H3,(H2,17,18,20,21)/t12-,13-,14+/m1/s1. The predicted octanol–water partition coefficient (Wildman–Crippen LogP) is 2.27. The molecule has 0 aromatic heterocycles. The van der Waals surface area contributed by atoms with Crippen LogP contribution in [0.2, 0.25) is 0 Å². The molecule has 120 valence electrons. The maximum Gasteiger partial charge on any atom is 0.321 e. The number of carbonyl (C=O) groups is 2. The van der Waals surface area contributed by atoms with E-state index in [1.54, 1.807) is 0 Å². The van der Waals surface area contributed by atoms with E-state index in [2.05, 4.69) is 15.5 Å². The molecule has 5 heteroatoms. The van der Waals surface area contributed by atoms with Gasteiger partial charge in [-0.05, 0) is 51.5 Å². The molecule has 1 aliphatic carbocycles. The lowest BCUT2D eigenvalue weighted by atomic mass is 9.78. The van der Waals surface area contributed by atoms with Crippen LogP contribution in [0, 0.1) is 5.92 Å². The Morgan fingerprint density at radius 1 is 1.19 bits per heavy atom. The molecule has 0 spiro atoms. The molecule has 3 amide bonds. The summed E-state index contributed by atoms with van der Waals surface area (Å²) in [4.78, 5) is 26.0. The molecule has 0 bridgehead atoms. The molecule has 1 heterocycles. The van der Waals surface area contributed by atoms with E-state index in [9.17, 15) is 9.59 Å². The van der Waals surface area contributed by atoms with Crippen molar-refractivity contribution in [3.05, 3.63) is 0 Å². The third-order valence-corrected chi connectivity index (χ3v) is 4.95. The van der Waals surface area contributed by atoms with Crippen LogP contribution in [0.3, 0.4) is 0 Å². The van der Waals surface area contributed by atoms with Crippen LogP contribution in [0.1, 0.15) is 58.8 Å².